The van der Waals surface area contributed by atoms with Crippen molar-refractivity contribution in [2.24, 2.45) is 0 Å². The Kier molecular flexibility index (Phi) is 11.4. The van der Waals surface area contributed by atoms with E-state index in [4.69, 9.17) is 0 Å². The highest BCUT2D eigenvalue weighted by atomic mass is 32.2. The lowest BCUT2D eigenvalue weighted by atomic mass is 9.86. The number of rotatable bonds is 8. The Balaban J connectivity index is 1.90. The van der Waals surface area contributed by atoms with Gasteiger partial charge in [-0.15, -0.1) is 0 Å². The van der Waals surface area contributed by atoms with Crippen LogP contribution in [0.4, 0.5) is 0 Å². The molecule has 0 atom stereocenters. The van der Waals surface area contributed by atoms with Gasteiger partial charge in [-0.05, 0) is 92.4 Å². The van der Waals surface area contributed by atoms with Gasteiger partial charge in [-0.1, -0.05) is 131 Å². The normalized spacial score (nSPS) is 12.6. The minimum atomic E-state index is -1.05. The third kappa shape index (κ3) is 9.48. The molecule has 0 fully saturated rings. The zero-order valence-corrected chi connectivity index (χ0v) is 34.1. The largest absolute Gasteiger partial charge is 0.506 e. The number of aromatic carboxylic acids is 2. The van der Waals surface area contributed by atoms with Gasteiger partial charge in [0, 0.05) is 9.79 Å². The molecule has 4 rings (SSSR count). The average molecular weight is 747 g/mol. The predicted molar refractivity (Wildman–Crippen MR) is 210 cm³/mol. The lowest BCUT2D eigenvalue weighted by Crippen LogP contribution is -2.13. The highest BCUT2D eigenvalue weighted by Crippen LogP contribution is 2.51. The summed E-state index contributed by atoms with van der Waals surface area (Å²) in [5.41, 5.74) is 3.05. The van der Waals surface area contributed by atoms with Crippen LogP contribution in [0.25, 0.3) is 0 Å². The molecule has 0 saturated carbocycles. The summed E-state index contributed by atoms with van der Waals surface area (Å²) in [5, 5.41) is 43.8. The molecule has 272 valence electrons. The summed E-state index contributed by atoms with van der Waals surface area (Å²) < 4.78 is 0. The zero-order chi connectivity index (χ0) is 38.4. The molecule has 51 heavy (non-hydrogen) atoms. The van der Waals surface area contributed by atoms with Crippen molar-refractivity contribution in [1.29, 1.82) is 0 Å². The molecule has 4 aromatic rings. The molecule has 0 saturated heterocycles. The maximum absolute atomic E-state index is 12.3. The van der Waals surface area contributed by atoms with Gasteiger partial charge >= 0.3 is 11.9 Å². The monoisotopic (exact) mass is 746 g/mol. The number of hydrogen-bond acceptors (Lipinski definition) is 7. The van der Waals surface area contributed by atoms with Crippen LogP contribution in [0.2, 0.25) is 0 Å². The zero-order valence-electron chi connectivity index (χ0n) is 31.6. The molecule has 0 amide bonds. The minimum Gasteiger partial charge on any atom is -0.506 e. The van der Waals surface area contributed by atoms with E-state index in [0.717, 1.165) is 22.3 Å². The van der Waals surface area contributed by atoms with Gasteiger partial charge in [-0.25, -0.2) is 9.59 Å². The van der Waals surface area contributed by atoms with Crippen molar-refractivity contribution in [3.05, 3.63) is 94.0 Å². The number of aromatic hydroxyl groups is 2. The number of carboxylic acids is 2. The van der Waals surface area contributed by atoms with E-state index in [2.05, 4.69) is 83.1 Å². The van der Waals surface area contributed by atoms with E-state index in [9.17, 15) is 30.0 Å². The molecular weight excluding hydrogens is 697 g/mol. The van der Waals surface area contributed by atoms with Crippen molar-refractivity contribution < 1.29 is 30.0 Å². The van der Waals surface area contributed by atoms with Crippen LogP contribution in [-0.4, -0.2) is 32.4 Å². The molecule has 0 heterocycles. The van der Waals surface area contributed by atoms with Crippen LogP contribution in [0.15, 0.2) is 90.0 Å². The fraction of sp³-hybridized carbons (Fsp3) is 0.381. The van der Waals surface area contributed by atoms with Gasteiger partial charge in [0.25, 0.3) is 0 Å². The van der Waals surface area contributed by atoms with Gasteiger partial charge in [-0.2, -0.15) is 0 Å². The van der Waals surface area contributed by atoms with Crippen LogP contribution >= 0.6 is 35.3 Å². The average Bonchev–Trinajstić information content (AvgIpc) is 2.98. The first-order valence-corrected chi connectivity index (χ1v) is 19.3. The summed E-state index contributed by atoms with van der Waals surface area (Å²) in [7, 11) is 0. The standard InChI is InChI=1S/C42H50O6S3/c1-39(2,3)23-13-15-27(37(45)46)29(17-23)49-31-19-25(41(7,8)9)21-33(35(31)43)51-34-22-26(42(10,11)12)20-32(36(34)44)50-30-18-24(40(4,5)6)14-16-28(30)38(47)48/h13-22,43-44H,1-12H3,(H,45,46)(H,47,48). The second-order valence-corrected chi connectivity index (χ2v) is 20.2. The molecule has 0 aliphatic carbocycles. The van der Waals surface area contributed by atoms with Gasteiger partial charge in [0.1, 0.15) is 11.5 Å². The summed E-state index contributed by atoms with van der Waals surface area (Å²) in [6.07, 6.45) is 0. The number of carboxylic acid groups (broad SMARTS) is 2. The summed E-state index contributed by atoms with van der Waals surface area (Å²) in [6.45, 7) is 24.8. The Hall–Kier alpha value is -3.53. The molecule has 0 aliphatic rings. The second kappa shape index (κ2) is 14.5. The Bertz CT molecular complexity index is 1840. The van der Waals surface area contributed by atoms with E-state index in [0.29, 0.717) is 29.4 Å². The lowest BCUT2D eigenvalue weighted by Gasteiger charge is -2.25. The molecule has 4 aromatic carbocycles. The van der Waals surface area contributed by atoms with Crippen molar-refractivity contribution in [3.63, 3.8) is 0 Å². The van der Waals surface area contributed by atoms with E-state index >= 15 is 0 Å². The van der Waals surface area contributed by atoms with Crippen LogP contribution in [-0.2, 0) is 21.7 Å². The molecule has 9 heteroatoms. The third-order valence-corrected chi connectivity index (χ3v) is 11.9. The van der Waals surface area contributed by atoms with E-state index in [-0.39, 0.29) is 44.3 Å². The molecule has 4 N–H and O–H groups in total. The number of carbonyl (C=O) groups is 2. The summed E-state index contributed by atoms with van der Waals surface area (Å²) in [6, 6.07) is 18.3. The fourth-order valence-electron chi connectivity index (χ4n) is 5.20. The number of benzene rings is 4. The summed E-state index contributed by atoms with van der Waals surface area (Å²) in [5.74, 6) is -2.13. The molecule has 0 spiro atoms. The van der Waals surface area contributed by atoms with Gasteiger partial charge in [-0.3, -0.25) is 0 Å². The van der Waals surface area contributed by atoms with Crippen LogP contribution in [0.3, 0.4) is 0 Å². The van der Waals surface area contributed by atoms with Crippen LogP contribution < -0.4 is 0 Å². The molecule has 0 aliphatic heterocycles. The molecule has 6 nitrogen and oxygen atoms in total. The lowest BCUT2D eigenvalue weighted by molar-refractivity contribution is 0.0682. The maximum Gasteiger partial charge on any atom is 0.336 e. The van der Waals surface area contributed by atoms with Gasteiger partial charge in [0.05, 0.1) is 30.7 Å². The first-order valence-electron chi connectivity index (χ1n) is 16.8. The summed E-state index contributed by atoms with van der Waals surface area (Å²) >= 11 is 3.65. The van der Waals surface area contributed by atoms with Gasteiger partial charge < -0.3 is 20.4 Å². The maximum atomic E-state index is 12.3. The quantitative estimate of drug-likeness (QED) is 0.140. The molecular formula is C42H50O6S3. The van der Waals surface area contributed by atoms with E-state index < -0.39 is 11.9 Å². The van der Waals surface area contributed by atoms with Gasteiger partial charge in [0.15, 0.2) is 0 Å². The van der Waals surface area contributed by atoms with Crippen LogP contribution in [0.1, 0.15) is 126 Å². The topological polar surface area (TPSA) is 115 Å². The number of phenols is 2. The molecule has 0 radical (unpaired) electrons. The van der Waals surface area contributed by atoms with Crippen molar-refractivity contribution in [2.45, 2.75) is 134 Å². The van der Waals surface area contributed by atoms with E-state index in [1.165, 1.54) is 35.3 Å². The van der Waals surface area contributed by atoms with Crippen molar-refractivity contribution >= 4 is 47.2 Å². The highest BCUT2D eigenvalue weighted by Gasteiger charge is 2.27. The Morgan fingerprint density at radius 1 is 0.412 bits per heavy atom. The summed E-state index contributed by atoms with van der Waals surface area (Å²) in [4.78, 5) is 27.6. The smallest absolute Gasteiger partial charge is 0.336 e. The molecule has 0 unspecified atom stereocenters. The molecule has 0 aromatic heterocycles. The SMILES string of the molecule is CC(C)(C)c1ccc(C(=O)O)c(Sc2cc(C(C)(C)C)cc(Sc3cc(C(C)(C)C)cc(Sc4cc(C(C)(C)C)ccc4C(=O)O)c3O)c2O)c1. The first-order chi connectivity index (χ1) is 23.3. The fourth-order valence-corrected chi connectivity index (χ4v) is 8.51. The second-order valence-electron chi connectivity index (χ2n) is 17.0. The van der Waals surface area contributed by atoms with Crippen molar-refractivity contribution in [1.82, 2.24) is 0 Å². The Morgan fingerprint density at radius 2 is 0.647 bits per heavy atom. The van der Waals surface area contributed by atoms with Crippen molar-refractivity contribution in [3.8, 4) is 11.5 Å². The van der Waals surface area contributed by atoms with Gasteiger partial charge in [0.2, 0.25) is 0 Å². The van der Waals surface area contributed by atoms with Crippen molar-refractivity contribution in [2.75, 3.05) is 0 Å². The van der Waals surface area contributed by atoms with E-state index in [1.807, 2.05) is 48.5 Å². The highest BCUT2D eigenvalue weighted by molar-refractivity contribution is 8.01. The van der Waals surface area contributed by atoms with E-state index in [1.54, 1.807) is 12.1 Å². The first kappa shape index (κ1) is 40.2. The predicted octanol–water partition coefficient (Wildman–Crippen LogP) is 12.1. The number of hydrogen-bond donors (Lipinski definition) is 4. The third-order valence-electron chi connectivity index (χ3n) is 8.63. The number of phenolic OH excluding ortho intramolecular Hbond substituents is 2. The Labute approximate surface area is 315 Å². The van der Waals surface area contributed by atoms with Crippen LogP contribution in [0, 0.1) is 0 Å². The minimum absolute atomic E-state index is 0.0173. The van der Waals surface area contributed by atoms with Crippen LogP contribution in [0.5, 0.6) is 11.5 Å². The molecule has 0 bridgehead atoms. The Morgan fingerprint density at radius 3 is 0.882 bits per heavy atom.